The van der Waals surface area contributed by atoms with Gasteiger partial charge in [0.25, 0.3) is 27.7 Å². The average molecular weight is 1040 g/mol. The fourth-order valence-electron chi connectivity index (χ4n) is 6.91. The molecule has 1 aliphatic carbocycles. The molecule has 3 aromatic heterocycles. The predicted octanol–water partition coefficient (Wildman–Crippen LogP) is 5.40. The van der Waals surface area contributed by atoms with E-state index in [4.69, 9.17) is 47.2 Å². The van der Waals surface area contributed by atoms with E-state index in [0.29, 0.717) is 52.4 Å². The summed E-state index contributed by atoms with van der Waals surface area (Å²) in [5.74, 6) is -2.68. The number of fused-ring (bicyclic) bond motifs is 2. The second-order valence-electron chi connectivity index (χ2n) is 14.7. The number of hydrogen-bond acceptors (Lipinski definition) is 16. The van der Waals surface area contributed by atoms with Gasteiger partial charge in [-0.2, -0.15) is 31.6 Å². The van der Waals surface area contributed by atoms with Gasteiger partial charge in [0.1, 0.15) is 22.7 Å². The molecule has 0 saturated heterocycles. The number of nitrogens with zero attached hydrogens (tertiary/aromatic N) is 6. The van der Waals surface area contributed by atoms with Gasteiger partial charge >= 0.3 is 24.1 Å². The number of rotatable bonds is 11. The normalized spacial score (nSPS) is 14.1. The monoisotopic (exact) mass is 1040 g/mol. The fourth-order valence-corrected chi connectivity index (χ4v) is 8.18. The minimum atomic E-state index is -5.14. The Kier molecular flexibility index (Phi) is 16.1. The summed E-state index contributed by atoms with van der Waals surface area (Å²) < 4.78 is 99.2. The van der Waals surface area contributed by atoms with Gasteiger partial charge in [-0.25, -0.2) is 33.4 Å². The second-order valence-corrected chi connectivity index (χ2v) is 16.7. The maximum atomic E-state index is 14.7. The molecule has 8 rings (SSSR count). The van der Waals surface area contributed by atoms with Crippen LogP contribution in [0.2, 0.25) is 5.02 Å². The third-order valence-electron chi connectivity index (χ3n) is 10.1. The van der Waals surface area contributed by atoms with E-state index in [2.05, 4.69) is 25.9 Å². The molecule has 2 aliphatic heterocycles. The van der Waals surface area contributed by atoms with E-state index >= 15 is 0 Å². The van der Waals surface area contributed by atoms with Gasteiger partial charge in [0, 0.05) is 28.8 Å². The molecule has 2 aromatic carbocycles. The Labute approximate surface area is 408 Å². The Balaban J connectivity index is 0.000000184. The van der Waals surface area contributed by atoms with Crippen molar-refractivity contribution in [1.29, 1.82) is 0 Å². The van der Waals surface area contributed by atoms with E-state index in [-0.39, 0.29) is 47.9 Å². The molecule has 0 radical (unpaired) electrons. The number of hydrogen-bond donors (Lipinski definition) is 4. The van der Waals surface area contributed by atoms with Crippen LogP contribution in [0, 0.1) is 18.2 Å². The Bertz CT molecular complexity index is 3180. The van der Waals surface area contributed by atoms with Crippen LogP contribution in [0.1, 0.15) is 41.7 Å². The number of nitrogens with one attached hydrogen (secondary N) is 2. The Hall–Kier alpha value is -8.64. The van der Waals surface area contributed by atoms with E-state index in [1.54, 1.807) is 30.5 Å². The standard InChI is InChI=1S/C19H15FN2O4.C14H12F3N5O7S.C11H8ClNO3/c1-2-7-21-15-9-14(13(20)8-16(15)26-10-17(21)23)22-18(24)11-5-3-4-6-12(11)19(22)25;1-28-8-5-9(29-2)20-12(19-8)21-13(25)22-30(26,27)10-6(11(23)24)3-4-7(18-10)14(15,16)17;12-8-3-4-9(16-6-10(14)15)11-7(8)2-1-5-13-11/h1,8-9H,3-7,10H2;3-5H,1-2H3,(H,23,24)(H2,19,20,21,22,25);1-5H,6H2,(H,14,15). The first-order valence-corrected chi connectivity index (χ1v) is 22.3. The smallest absolute Gasteiger partial charge is 0.433 e. The molecule has 0 bridgehead atoms. The highest BCUT2D eigenvalue weighted by Crippen LogP contribution is 2.42. The number of alkyl halides is 3. The number of aliphatic carboxylic acids is 1. The van der Waals surface area contributed by atoms with Crippen LogP contribution in [0.3, 0.4) is 0 Å². The Morgan fingerprint density at radius 3 is 2.17 bits per heavy atom. The number of pyridine rings is 2. The van der Waals surface area contributed by atoms with Gasteiger partial charge < -0.3 is 29.2 Å². The number of carboxylic acids is 2. The van der Waals surface area contributed by atoms with Crippen molar-refractivity contribution in [1.82, 2.24) is 24.7 Å². The number of benzene rings is 2. The molecule has 3 aliphatic rings. The third-order valence-corrected chi connectivity index (χ3v) is 11.7. The summed E-state index contributed by atoms with van der Waals surface area (Å²) in [7, 11) is -2.66. The average Bonchev–Trinajstić information content (AvgIpc) is 3.59. The highest BCUT2D eigenvalue weighted by Gasteiger charge is 2.42. The number of imide groups is 1. The number of amides is 5. The number of sulfonamides is 1. The summed E-state index contributed by atoms with van der Waals surface area (Å²) >= 11 is 5.98. The lowest BCUT2D eigenvalue weighted by Crippen LogP contribution is -2.39. The molecule has 0 saturated carbocycles. The molecule has 4 N–H and O–H groups in total. The highest BCUT2D eigenvalue weighted by molar-refractivity contribution is 7.90. The van der Waals surface area contributed by atoms with Gasteiger partial charge in [-0.05, 0) is 68.1 Å². The van der Waals surface area contributed by atoms with Crippen LogP contribution < -0.4 is 38.8 Å². The molecule has 72 heavy (non-hydrogen) atoms. The first kappa shape index (κ1) is 52.7. The van der Waals surface area contributed by atoms with Gasteiger partial charge in [-0.1, -0.05) is 17.5 Å². The SMILES string of the molecule is C#CCN1C(=O)COc2cc(F)c(N3C(=O)C4=C(CCCC4)C3=O)cc21.COc1cc(OC)nc(NC(=O)NS(=O)(=O)c2nc(C(F)(F)F)ccc2C(=O)O)n1.O=C(O)COc1ccc(Cl)c2cccnc12. The van der Waals surface area contributed by atoms with Crippen LogP contribution in [-0.4, -0.2) is 108 Å². The number of terminal acetylenes is 1. The quantitative estimate of drug-likeness (QED) is 0.0732. The van der Waals surface area contributed by atoms with Crippen molar-refractivity contribution in [2.45, 2.75) is 36.9 Å². The molecule has 28 heteroatoms. The van der Waals surface area contributed by atoms with Gasteiger partial charge in [-0.15, -0.1) is 6.42 Å². The summed E-state index contributed by atoms with van der Waals surface area (Å²) in [6, 6.07) is 9.62. The zero-order valence-electron chi connectivity index (χ0n) is 37.1. The van der Waals surface area contributed by atoms with Crippen molar-refractivity contribution < 1.29 is 83.9 Å². The number of halogens is 5. The first-order valence-electron chi connectivity index (χ1n) is 20.4. The van der Waals surface area contributed by atoms with Crippen LogP contribution in [-0.2, 0) is 35.4 Å². The highest BCUT2D eigenvalue weighted by atomic mass is 35.5. The summed E-state index contributed by atoms with van der Waals surface area (Å²) in [6.45, 7) is -0.658. The van der Waals surface area contributed by atoms with Gasteiger partial charge in [-0.3, -0.25) is 29.6 Å². The number of urea groups is 1. The molecular formula is C44H35ClF4N8O14S. The molecule has 5 aromatic rings. The van der Waals surface area contributed by atoms with Crippen LogP contribution in [0.25, 0.3) is 10.9 Å². The van der Waals surface area contributed by atoms with Crippen molar-refractivity contribution >= 4 is 85.5 Å². The zero-order valence-corrected chi connectivity index (χ0v) is 38.6. The fraction of sp³-hybridized carbons (Fsp3) is 0.227. The lowest BCUT2D eigenvalue weighted by Gasteiger charge is -2.29. The predicted molar refractivity (Wildman–Crippen MR) is 242 cm³/mol. The summed E-state index contributed by atoms with van der Waals surface area (Å²) in [5, 5.41) is 19.3. The van der Waals surface area contributed by atoms with Crippen LogP contribution in [0.5, 0.6) is 23.3 Å². The molecular weight excluding hydrogens is 1010 g/mol. The number of aromatic nitrogens is 4. The van der Waals surface area contributed by atoms with E-state index < -0.39 is 80.6 Å². The topological polar surface area (TPSA) is 296 Å². The number of carbonyl (C=O) groups excluding carboxylic acids is 4. The summed E-state index contributed by atoms with van der Waals surface area (Å²) in [4.78, 5) is 87.5. The minimum Gasteiger partial charge on any atom is -0.481 e. The van der Waals surface area contributed by atoms with E-state index in [0.717, 1.165) is 29.2 Å². The molecule has 22 nitrogen and oxygen atoms in total. The number of ether oxygens (including phenoxy) is 4. The number of aromatic carboxylic acids is 1. The maximum absolute atomic E-state index is 14.7. The van der Waals surface area contributed by atoms with Crippen molar-refractivity contribution in [2.24, 2.45) is 0 Å². The van der Waals surface area contributed by atoms with Crippen molar-refractivity contribution in [3.05, 3.63) is 94.0 Å². The van der Waals surface area contributed by atoms with E-state index in [1.807, 2.05) is 5.32 Å². The van der Waals surface area contributed by atoms with Gasteiger partial charge in [0.2, 0.25) is 17.7 Å². The number of carbonyl (C=O) groups is 6. The summed E-state index contributed by atoms with van der Waals surface area (Å²) in [6.07, 6.45) is 4.55. The second kappa shape index (κ2) is 22.0. The van der Waals surface area contributed by atoms with Gasteiger partial charge in [0.05, 0.1) is 48.8 Å². The largest absolute Gasteiger partial charge is 0.481 e. The number of carboxylic acid groups (broad SMARTS) is 2. The van der Waals surface area contributed by atoms with Crippen molar-refractivity contribution in [3.8, 4) is 35.6 Å². The molecule has 0 spiro atoms. The van der Waals surface area contributed by atoms with Crippen LogP contribution >= 0.6 is 11.6 Å². The Morgan fingerprint density at radius 2 is 1.58 bits per heavy atom. The van der Waals surface area contributed by atoms with Crippen molar-refractivity contribution in [2.75, 3.05) is 49.1 Å². The van der Waals surface area contributed by atoms with E-state index in [1.165, 1.54) is 36.0 Å². The molecule has 0 unspecified atom stereocenters. The first-order chi connectivity index (χ1) is 34.1. The third kappa shape index (κ3) is 11.8. The number of anilines is 3. The lowest BCUT2D eigenvalue weighted by molar-refractivity contribution is -0.141. The van der Waals surface area contributed by atoms with Crippen LogP contribution in [0.15, 0.2) is 77.0 Å². The molecule has 5 heterocycles. The maximum Gasteiger partial charge on any atom is 0.433 e. The zero-order chi connectivity index (χ0) is 52.7. The molecule has 0 fully saturated rings. The molecule has 0 atom stereocenters. The van der Waals surface area contributed by atoms with Crippen molar-refractivity contribution in [3.63, 3.8) is 0 Å². The Morgan fingerprint density at radius 1 is 0.931 bits per heavy atom. The molecule has 5 amide bonds. The van der Waals surface area contributed by atoms with E-state index in [9.17, 15) is 54.7 Å². The number of methoxy groups -OCH3 is 2. The van der Waals surface area contributed by atoms with Gasteiger partial charge in [0.15, 0.2) is 24.1 Å². The molecule has 376 valence electrons. The van der Waals surface area contributed by atoms with Crippen LogP contribution in [0.4, 0.5) is 39.7 Å². The summed E-state index contributed by atoms with van der Waals surface area (Å²) in [5.41, 5.74) is -1.19. The lowest BCUT2D eigenvalue weighted by atomic mass is 9.93. The minimum absolute atomic E-state index is 0.0170.